The van der Waals surface area contributed by atoms with Crippen molar-refractivity contribution in [2.24, 2.45) is 0 Å². The van der Waals surface area contributed by atoms with Crippen LogP contribution in [0.1, 0.15) is 19.8 Å². The van der Waals surface area contributed by atoms with Gasteiger partial charge in [-0.05, 0) is 44.0 Å². The Morgan fingerprint density at radius 1 is 1.13 bits per heavy atom. The minimum atomic E-state index is -3.37. The van der Waals surface area contributed by atoms with Gasteiger partial charge in [0.1, 0.15) is 0 Å². The third kappa shape index (κ3) is 3.96. The summed E-state index contributed by atoms with van der Waals surface area (Å²) in [5, 5.41) is 0. The highest BCUT2D eigenvalue weighted by Crippen LogP contribution is 2.25. The Bertz CT molecular complexity index is 627. The normalized spacial score (nSPS) is 25.6. The van der Waals surface area contributed by atoms with Gasteiger partial charge < -0.3 is 4.74 Å². The lowest BCUT2D eigenvalue weighted by Gasteiger charge is -2.41. The van der Waals surface area contributed by atoms with Crippen molar-refractivity contribution in [2.75, 3.05) is 32.8 Å². The Balaban J connectivity index is 1.63. The quantitative estimate of drug-likeness (QED) is 0.778. The predicted octanol–water partition coefficient (Wildman–Crippen LogP) is 2.32. The van der Waals surface area contributed by atoms with Gasteiger partial charge in [-0.3, -0.25) is 4.90 Å². The van der Waals surface area contributed by atoms with Crippen molar-refractivity contribution >= 4 is 26.0 Å². The van der Waals surface area contributed by atoms with Gasteiger partial charge in [0.15, 0.2) is 0 Å². The number of benzene rings is 1. The van der Waals surface area contributed by atoms with Crippen LogP contribution in [-0.2, 0) is 14.8 Å². The van der Waals surface area contributed by atoms with E-state index >= 15 is 0 Å². The van der Waals surface area contributed by atoms with Crippen molar-refractivity contribution in [3.05, 3.63) is 28.7 Å². The van der Waals surface area contributed by atoms with Crippen molar-refractivity contribution in [3.63, 3.8) is 0 Å². The average molecular weight is 403 g/mol. The maximum absolute atomic E-state index is 12.7. The number of hydrogen-bond acceptors (Lipinski definition) is 4. The van der Waals surface area contributed by atoms with Crippen molar-refractivity contribution in [1.29, 1.82) is 0 Å². The second-order valence-corrected chi connectivity index (χ2v) is 9.12. The van der Waals surface area contributed by atoms with Crippen LogP contribution in [0.5, 0.6) is 0 Å². The summed E-state index contributed by atoms with van der Waals surface area (Å²) >= 11 is 3.34. The molecule has 0 spiro atoms. The fraction of sp³-hybridized carbons (Fsp3) is 0.625. The first-order valence-corrected chi connectivity index (χ1v) is 10.3. The third-order valence-corrected chi connectivity index (χ3v) is 7.11. The summed E-state index contributed by atoms with van der Waals surface area (Å²) in [6, 6.07) is 7.34. The Labute approximate surface area is 146 Å². The van der Waals surface area contributed by atoms with Crippen LogP contribution in [0.3, 0.4) is 0 Å². The van der Waals surface area contributed by atoms with E-state index in [0.717, 1.165) is 37.0 Å². The monoisotopic (exact) mass is 402 g/mol. The van der Waals surface area contributed by atoms with E-state index in [-0.39, 0.29) is 6.10 Å². The Morgan fingerprint density at radius 3 is 2.39 bits per heavy atom. The summed E-state index contributed by atoms with van der Waals surface area (Å²) in [5.41, 5.74) is 0. The van der Waals surface area contributed by atoms with Crippen LogP contribution in [0.15, 0.2) is 33.6 Å². The van der Waals surface area contributed by atoms with Gasteiger partial charge in [-0.25, -0.2) is 8.42 Å². The molecule has 3 rings (SSSR count). The van der Waals surface area contributed by atoms with E-state index in [2.05, 4.69) is 27.8 Å². The van der Waals surface area contributed by atoms with Crippen LogP contribution in [0.2, 0.25) is 0 Å². The van der Waals surface area contributed by atoms with Crippen molar-refractivity contribution in [2.45, 2.75) is 36.8 Å². The highest BCUT2D eigenvalue weighted by atomic mass is 79.9. The van der Waals surface area contributed by atoms with Gasteiger partial charge >= 0.3 is 0 Å². The van der Waals surface area contributed by atoms with Gasteiger partial charge in [-0.2, -0.15) is 4.31 Å². The molecular formula is C16H23BrN2O3S. The highest BCUT2D eigenvalue weighted by Gasteiger charge is 2.32. The summed E-state index contributed by atoms with van der Waals surface area (Å²) in [7, 11) is -3.37. The largest absolute Gasteiger partial charge is 0.376 e. The zero-order valence-electron chi connectivity index (χ0n) is 13.3. The maximum Gasteiger partial charge on any atom is 0.243 e. The fourth-order valence-electron chi connectivity index (χ4n) is 3.38. The standard InChI is InChI=1S/C16H23BrN2O3S/c1-13-12-18(10-11-22-13)15-6-8-19(9-7-15)23(20,21)16-4-2-14(17)3-5-16/h2-5,13,15H,6-12H2,1H3. The van der Waals surface area contributed by atoms with E-state index < -0.39 is 10.0 Å². The molecule has 128 valence electrons. The summed E-state index contributed by atoms with van der Waals surface area (Å²) < 4.78 is 33.5. The zero-order valence-corrected chi connectivity index (χ0v) is 15.7. The molecule has 0 radical (unpaired) electrons. The maximum atomic E-state index is 12.7. The molecule has 23 heavy (non-hydrogen) atoms. The highest BCUT2D eigenvalue weighted by molar-refractivity contribution is 9.10. The second-order valence-electron chi connectivity index (χ2n) is 6.27. The van der Waals surface area contributed by atoms with Gasteiger partial charge in [0.2, 0.25) is 10.0 Å². The van der Waals surface area contributed by atoms with Crippen molar-refractivity contribution < 1.29 is 13.2 Å². The minimum Gasteiger partial charge on any atom is -0.376 e. The van der Waals surface area contributed by atoms with Crippen molar-refractivity contribution in [1.82, 2.24) is 9.21 Å². The summed E-state index contributed by atoms with van der Waals surface area (Å²) in [5.74, 6) is 0. The van der Waals surface area contributed by atoms with Gasteiger partial charge in [0.05, 0.1) is 17.6 Å². The molecule has 0 amide bonds. The lowest BCUT2D eigenvalue weighted by molar-refractivity contribution is -0.0406. The van der Waals surface area contributed by atoms with Crippen LogP contribution < -0.4 is 0 Å². The van der Waals surface area contributed by atoms with Crippen LogP contribution in [-0.4, -0.2) is 62.6 Å². The van der Waals surface area contributed by atoms with Gasteiger partial charge in [-0.1, -0.05) is 15.9 Å². The number of sulfonamides is 1. The zero-order chi connectivity index (χ0) is 16.4. The smallest absolute Gasteiger partial charge is 0.243 e. The molecule has 0 aliphatic carbocycles. The van der Waals surface area contributed by atoms with E-state index in [1.165, 1.54) is 0 Å². The molecule has 2 aliphatic heterocycles. The second kappa shape index (κ2) is 7.19. The predicted molar refractivity (Wildman–Crippen MR) is 92.9 cm³/mol. The Kier molecular flexibility index (Phi) is 5.42. The molecule has 0 aromatic heterocycles. The van der Waals surface area contributed by atoms with E-state index in [1.54, 1.807) is 28.6 Å². The molecule has 1 unspecified atom stereocenters. The lowest BCUT2D eigenvalue weighted by Crippen LogP contribution is -2.51. The molecule has 5 nitrogen and oxygen atoms in total. The molecule has 0 N–H and O–H groups in total. The minimum absolute atomic E-state index is 0.272. The molecule has 2 aliphatic rings. The van der Waals surface area contributed by atoms with Crippen LogP contribution in [0.25, 0.3) is 0 Å². The fourth-order valence-corrected chi connectivity index (χ4v) is 5.11. The number of nitrogens with zero attached hydrogens (tertiary/aromatic N) is 2. The molecule has 7 heteroatoms. The van der Waals surface area contributed by atoms with E-state index in [9.17, 15) is 8.42 Å². The molecular weight excluding hydrogens is 380 g/mol. The molecule has 1 aromatic carbocycles. The van der Waals surface area contributed by atoms with Gasteiger partial charge in [-0.15, -0.1) is 0 Å². The molecule has 0 saturated carbocycles. The number of hydrogen-bond donors (Lipinski definition) is 0. The topological polar surface area (TPSA) is 49.9 Å². The van der Waals surface area contributed by atoms with Crippen LogP contribution >= 0.6 is 15.9 Å². The Hall–Kier alpha value is -0.470. The average Bonchev–Trinajstić information content (AvgIpc) is 2.55. The van der Waals surface area contributed by atoms with Gasteiger partial charge in [0, 0.05) is 36.7 Å². The number of piperidine rings is 1. The van der Waals surface area contributed by atoms with E-state index in [1.807, 2.05) is 0 Å². The van der Waals surface area contributed by atoms with E-state index in [0.29, 0.717) is 24.0 Å². The summed E-state index contributed by atoms with van der Waals surface area (Å²) in [4.78, 5) is 2.83. The first kappa shape index (κ1) is 17.4. The molecule has 2 fully saturated rings. The SMILES string of the molecule is CC1CN(C2CCN(S(=O)(=O)c3ccc(Br)cc3)CC2)CCO1. The van der Waals surface area contributed by atoms with E-state index in [4.69, 9.17) is 4.74 Å². The molecule has 0 bridgehead atoms. The first-order chi connectivity index (χ1) is 11.0. The number of ether oxygens (including phenoxy) is 1. The molecule has 1 atom stereocenters. The van der Waals surface area contributed by atoms with Crippen LogP contribution in [0.4, 0.5) is 0 Å². The molecule has 2 heterocycles. The van der Waals surface area contributed by atoms with Crippen molar-refractivity contribution in [3.8, 4) is 0 Å². The molecule has 1 aromatic rings. The third-order valence-electron chi connectivity index (χ3n) is 4.66. The molecule has 2 saturated heterocycles. The summed E-state index contributed by atoms with van der Waals surface area (Å²) in [6.07, 6.45) is 2.05. The summed E-state index contributed by atoms with van der Waals surface area (Å²) in [6.45, 7) is 5.96. The van der Waals surface area contributed by atoms with Gasteiger partial charge in [0.25, 0.3) is 0 Å². The number of halogens is 1. The number of morpholine rings is 1. The van der Waals surface area contributed by atoms with Crippen LogP contribution in [0, 0.1) is 0 Å². The Morgan fingerprint density at radius 2 is 1.78 bits per heavy atom. The lowest BCUT2D eigenvalue weighted by atomic mass is 10.0. The first-order valence-electron chi connectivity index (χ1n) is 8.08. The number of rotatable bonds is 3.